The molecule has 92 valence electrons. The number of aromatic nitrogens is 4. The van der Waals surface area contributed by atoms with E-state index in [-0.39, 0.29) is 11.2 Å². The van der Waals surface area contributed by atoms with Gasteiger partial charge >= 0.3 is 5.97 Å². The second-order valence-electron chi connectivity index (χ2n) is 3.77. The first-order valence-corrected chi connectivity index (χ1v) is 6.37. The minimum Gasteiger partial charge on any atom is -0.465 e. The molecule has 3 rings (SSSR count). The third-order valence-electron chi connectivity index (χ3n) is 2.55. The summed E-state index contributed by atoms with van der Waals surface area (Å²) in [6.45, 7) is 0.484. The fourth-order valence-electron chi connectivity index (χ4n) is 1.65. The zero-order chi connectivity index (χ0) is 12.4. The lowest BCUT2D eigenvalue weighted by atomic mass is 10.3. The van der Waals surface area contributed by atoms with Crippen LogP contribution in [0.2, 0.25) is 0 Å². The van der Waals surface area contributed by atoms with Crippen molar-refractivity contribution in [1.29, 1.82) is 0 Å². The number of aromatic amines is 1. The number of ether oxygens (including phenoxy) is 1. The zero-order valence-corrected chi connectivity index (χ0v) is 10.2. The van der Waals surface area contributed by atoms with Crippen molar-refractivity contribution in [2.75, 3.05) is 6.61 Å². The molecule has 6 nitrogen and oxygen atoms in total. The van der Waals surface area contributed by atoms with Crippen molar-refractivity contribution in [1.82, 2.24) is 20.2 Å². The normalized spacial score (nSPS) is 18.9. The molecule has 0 aliphatic carbocycles. The van der Waals surface area contributed by atoms with Crippen LogP contribution in [0.5, 0.6) is 0 Å². The highest BCUT2D eigenvalue weighted by Crippen LogP contribution is 2.28. The van der Waals surface area contributed by atoms with E-state index in [9.17, 15) is 4.79 Å². The van der Waals surface area contributed by atoms with E-state index in [0.717, 1.165) is 5.56 Å². The van der Waals surface area contributed by atoms with Crippen LogP contribution >= 0.6 is 11.8 Å². The van der Waals surface area contributed by atoms with Gasteiger partial charge in [0.25, 0.3) is 0 Å². The van der Waals surface area contributed by atoms with Crippen LogP contribution in [-0.2, 0) is 9.53 Å². The summed E-state index contributed by atoms with van der Waals surface area (Å²) in [5.74, 6) is 0.488. The summed E-state index contributed by atoms with van der Waals surface area (Å²) in [7, 11) is 0. The number of hydrogen-bond donors (Lipinski definition) is 1. The molecule has 2 aromatic rings. The molecule has 7 heteroatoms. The lowest BCUT2D eigenvalue weighted by Gasteiger charge is -1.99. The van der Waals surface area contributed by atoms with Crippen LogP contribution in [0, 0.1) is 0 Å². The second-order valence-corrected chi connectivity index (χ2v) is 4.94. The SMILES string of the molecule is O=C1OCC[C@H]1Sc1n[nH]c(-c2ccncc2)n1. The summed E-state index contributed by atoms with van der Waals surface area (Å²) in [5.41, 5.74) is 0.915. The molecule has 0 amide bonds. The predicted molar refractivity (Wildman–Crippen MR) is 64.8 cm³/mol. The first-order chi connectivity index (χ1) is 8.83. The van der Waals surface area contributed by atoms with Crippen LogP contribution in [0.1, 0.15) is 6.42 Å². The molecule has 1 atom stereocenters. The predicted octanol–water partition coefficient (Wildman–Crippen LogP) is 1.27. The van der Waals surface area contributed by atoms with E-state index in [1.807, 2.05) is 12.1 Å². The van der Waals surface area contributed by atoms with Gasteiger partial charge in [0.05, 0.1) is 6.61 Å². The molecular weight excluding hydrogens is 252 g/mol. The second kappa shape index (κ2) is 4.77. The van der Waals surface area contributed by atoms with Gasteiger partial charge in [0, 0.05) is 24.4 Å². The number of rotatable bonds is 3. The minimum absolute atomic E-state index is 0.185. The maximum atomic E-state index is 11.3. The summed E-state index contributed by atoms with van der Waals surface area (Å²) in [6.07, 6.45) is 4.10. The van der Waals surface area contributed by atoms with Gasteiger partial charge in [0.1, 0.15) is 5.25 Å². The lowest BCUT2D eigenvalue weighted by Crippen LogP contribution is -2.09. The first kappa shape index (κ1) is 11.2. The third-order valence-corrected chi connectivity index (χ3v) is 3.66. The Morgan fingerprint density at radius 1 is 1.39 bits per heavy atom. The number of carbonyl (C=O) groups excluding carboxylic acids is 1. The highest BCUT2D eigenvalue weighted by atomic mass is 32.2. The Kier molecular flexibility index (Phi) is 2.97. The molecule has 0 unspecified atom stereocenters. The van der Waals surface area contributed by atoms with Gasteiger partial charge in [-0.3, -0.25) is 14.9 Å². The molecule has 0 aromatic carbocycles. The Bertz CT molecular complexity index is 557. The van der Waals surface area contributed by atoms with Crippen molar-refractivity contribution < 1.29 is 9.53 Å². The molecule has 1 saturated heterocycles. The van der Waals surface area contributed by atoms with E-state index in [1.54, 1.807) is 12.4 Å². The van der Waals surface area contributed by atoms with Gasteiger partial charge in [-0.2, -0.15) is 0 Å². The molecule has 0 radical (unpaired) electrons. The van der Waals surface area contributed by atoms with E-state index < -0.39 is 0 Å². The first-order valence-electron chi connectivity index (χ1n) is 5.49. The van der Waals surface area contributed by atoms with E-state index in [1.165, 1.54) is 11.8 Å². The Hall–Kier alpha value is -1.89. The zero-order valence-electron chi connectivity index (χ0n) is 9.37. The van der Waals surface area contributed by atoms with Gasteiger partial charge in [-0.25, -0.2) is 4.98 Å². The number of hydrogen-bond acceptors (Lipinski definition) is 6. The molecule has 18 heavy (non-hydrogen) atoms. The molecule has 3 heterocycles. The molecular formula is C11H10N4O2S. The van der Waals surface area contributed by atoms with Gasteiger partial charge in [0.2, 0.25) is 5.16 Å². The van der Waals surface area contributed by atoms with Crippen molar-refractivity contribution in [2.24, 2.45) is 0 Å². The average molecular weight is 262 g/mol. The fraction of sp³-hybridized carbons (Fsp3) is 0.273. The number of H-pyrrole nitrogens is 1. The van der Waals surface area contributed by atoms with Gasteiger partial charge < -0.3 is 4.74 Å². The van der Waals surface area contributed by atoms with Crippen LogP contribution in [0.15, 0.2) is 29.7 Å². The highest BCUT2D eigenvalue weighted by molar-refractivity contribution is 8.00. The van der Waals surface area contributed by atoms with Gasteiger partial charge in [-0.05, 0) is 12.1 Å². The largest absolute Gasteiger partial charge is 0.465 e. The maximum absolute atomic E-state index is 11.3. The average Bonchev–Trinajstić information content (AvgIpc) is 3.02. The number of cyclic esters (lactones) is 1. The summed E-state index contributed by atoms with van der Waals surface area (Å²) in [4.78, 5) is 19.6. The number of nitrogens with zero attached hydrogens (tertiary/aromatic N) is 3. The third kappa shape index (κ3) is 2.21. The van der Waals surface area contributed by atoms with Gasteiger partial charge in [0.15, 0.2) is 5.82 Å². The summed E-state index contributed by atoms with van der Waals surface area (Å²) in [6, 6.07) is 3.69. The van der Waals surface area contributed by atoms with E-state index >= 15 is 0 Å². The van der Waals surface area contributed by atoms with E-state index in [2.05, 4.69) is 20.2 Å². The Morgan fingerprint density at radius 3 is 2.94 bits per heavy atom. The quantitative estimate of drug-likeness (QED) is 0.839. The van der Waals surface area contributed by atoms with Crippen molar-refractivity contribution in [3.05, 3.63) is 24.5 Å². The minimum atomic E-state index is -0.189. The van der Waals surface area contributed by atoms with Crippen LogP contribution in [0.3, 0.4) is 0 Å². The number of carbonyl (C=O) groups is 1. The molecule has 1 aliphatic heterocycles. The van der Waals surface area contributed by atoms with Crippen LogP contribution in [0.4, 0.5) is 0 Å². The molecule has 1 N–H and O–H groups in total. The van der Waals surface area contributed by atoms with Crippen LogP contribution in [0.25, 0.3) is 11.4 Å². The number of esters is 1. The standard InChI is InChI=1S/C11H10N4O2S/c16-10-8(3-6-17-10)18-11-13-9(14-15-11)7-1-4-12-5-2-7/h1-2,4-5,8H,3,6H2,(H,13,14,15)/t8-/m1/s1. The Labute approximate surface area is 107 Å². The van der Waals surface area contributed by atoms with Crippen molar-refractivity contribution in [3.8, 4) is 11.4 Å². The van der Waals surface area contributed by atoms with Gasteiger partial charge in [-0.1, -0.05) is 11.8 Å². The lowest BCUT2D eigenvalue weighted by molar-refractivity contribution is -0.137. The summed E-state index contributed by atoms with van der Waals surface area (Å²) >= 11 is 1.33. The Morgan fingerprint density at radius 2 is 2.22 bits per heavy atom. The van der Waals surface area contributed by atoms with Crippen LogP contribution < -0.4 is 0 Å². The molecule has 0 spiro atoms. The fourth-order valence-corrected chi connectivity index (χ4v) is 2.52. The smallest absolute Gasteiger partial charge is 0.319 e. The van der Waals surface area contributed by atoms with E-state index in [0.29, 0.717) is 24.0 Å². The van der Waals surface area contributed by atoms with Crippen molar-refractivity contribution in [2.45, 2.75) is 16.8 Å². The van der Waals surface area contributed by atoms with Gasteiger partial charge in [-0.15, -0.1) is 5.10 Å². The summed E-state index contributed by atoms with van der Waals surface area (Å²) < 4.78 is 4.90. The number of pyridine rings is 1. The topological polar surface area (TPSA) is 80.8 Å². The molecule has 1 fully saturated rings. The molecule has 2 aromatic heterocycles. The van der Waals surface area contributed by atoms with Crippen LogP contribution in [-0.4, -0.2) is 38.0 Å². The number of thioether (sulfide) groups is 1. The summed E-state index contributed by atoms with van der Waals surface area (Å²) in [5, 5.41) is 7.31. The molecule has 1 aliphatic rings. The maximum Gasteiger partial charge on any atom is 0.319 e. The molecule has 0 saturated carbocycles. The van der Waals surface area contributed by atoms with E-state index in [4.69, 9.17) is 4.74 Å². The van der Waals surface area contributed by atoms with Crippen molar-refractivity contribution >= 4 is 17.7 Å². The number of nitrogens with one attached hydrogen (secondary N) is 1. The van der Waals surface area contributed by atoms with Crippen molar-refractivity contribution in [3.63, 3.8) is 0 Å². The Balaban J connectivity index is 1.76. The molecule has 0 bridgehead atoms. The monoisotopic (exact) mass is 262 g/mol. The highest BCUT2D eigenvalue weighted by Gasteiger charge is 2.28.